The number of imidazole rings is 1. The molecule has 19 heavy (non-hydrogen) atoms. The van der Waals surface area contributed by atoms with Gasteiger partial charge in [0.05, 0.1) is 18.5 Å². The molecular weight excluding hydrogens is 254 g/mol. The van der Waals surface area contributed by atoms with E-state index >= 15 is 0 Å². The third kappa shape index (κ3) is 1.75. The van der Waals surface area contributed by atoms with Crippen LogP contribution >= 0.6 is 0 Å². The number of hydrogen-bond acceptors (Lipinski definition) is 8. The normalized spacial score (nSPS) is 31.1. The summed E-state index contributed by atoms with van der Waals surface area (Å²) < 4.78 is 6.81. The van der Waals surface area contributed by atoms with Gasteiger partial charge in [-0.2, -0.15) is 5.10 Å². The zero-order valence-corrected chi connectivity index (χ0v) is 9.79. The van der Waals surface area contributed by atoms with Gasteiger partial charge in [-0.1, -0.05) is 0 Å². The Morgan fingerprint density at radius 3 is 2.79 bits per heavy atom. The molecule has 0 spiro atoms. The first-order valence-electron chi connectivity index (χ1n) is 5.70. The Bertz CT molecular complexity index is 603. The molecule has 3 rings (SSSR count). The monoisotopic (exact) mass is 267 g/mol. The van der Waals surface area contributed by atoms with Crippen molar-refractivity contribution in [2.45, 2.75) is 24.4 Å². The topological polar surface area (TPSA) is 139 Å². The van der Waals surface area contributed by atoms with Gasteiger partial charge in [0.25, 0.3) is 0 Å². The van der Waals surface area contributed by atoms with Crippen LogP contribution < -0.4 is 5.73 Å². The Hall–Kier alpha value is -1.81. The van der Waals surface area contributed by atoms with E-state index in [9.17, 15) is 10.2 Å². The first kappa shape index (κ1) is 12.2. The van der Waals surface area contributed by atoms with Crippen LogP contribution in [0.15, 0.2) is 12.5 Å². The number of rotatable bonds is 2. The van der Waals surface area contributed by atoms with Gasteiger partial charge in [0.1, 0.15) is 30.7 Å². The first-order valence-corrected chi connectivity index (χ1v) is 5.70. The predicted molar refractivity (Wildman–Crippen MR) is 61.9 cm³/mol. The third-order valence-corrected chi connectivity index (χ3v) is 3.19. The molecule has 102 valence electrons. The second-order valence-corrected chi connectivity index (χ2v) is 4.32. The summed E-state index contributed by atoms with van der Waals surface area (Å²) in [5, 5.41) is 32.7. The molecule has 4 atom stereocenters. The van der Waals surface area contributed by atoms with E-state index in [4.69, 9.17) is 15.6 Å². The Morgan fingerprint density at radius 1 is 1.32 bits per heavy atom. The van der Waals surface area contributed by atoms with Crippen molar-refractivity contribution >= 4 is 11.5 Å². The van der Waals surface area contributed by atoms with Crippen LogP contribution in [0.2, 0.25) is 0 Å². The molecular formula is C10H13N5O4. The van der Waals surface area contributed by atoms with E-state index in [0.29, 0.717) is 11.3 Å². The molecule has 0 aliphatic carbocycles. The zero-order valence-electron chi connectivity index (χ0n) is 9.79. The average molecular weight is 267 g/mol. The fourth-order valence-corrected chi connectivity index (χ4v) is 2.19. The summed E-state index contributed by atoms with van der Waals surface area (Å²) in [5.74, 6) is 0.202. The molecule has 2 aromatic heterocycles. The molecule has 1 fully saturated rings. The van der Waals surface area contributed by atoms with Gasteiger partial charge < -0.3 is 25.8 Å². The van der Waals surface area contributed by atoms with Crippen molar-refractivity contribution in [1.29, 1.82) is 0 Å². The maximum absolute atomic E-state index is 9.96. The Kier molecular flexibility index (Phi) is 2.82. The predicted octanol–water partition coefficient (Wildman–Crippen LogP) is -2.14. The molecule has 3 heterocycles. The SMILES string of the molecule is Nc1ncnn2c(C3OC(CO)C(O)C3O)cnc12. The zero-order chi connectivity index (χ0) is 13.6. The van der Waals surface area contributed by atoms with Gasteiger partial charge in [-0.15, -0.1) is 0 Å². The van der Waals surface area contributed by atoms with E-state index in [1.807, 2.05) is 0 Å². The molecule has 5 N–H and O–H groups in total. The molecule has 1 aliphatic rings. The van der Waals surface area contributed by atoms with Gasteiger partial charge in [-0.3, -0.25) is 0 Å². The lowest BCUT2D eigenvalue weighted by Gasteiger charge is -2.13. The summed E-state index contributed by atoms with van der Waals surface area (Å²) in [6.07, 6.45) is -1.32. The Morgan fingerprint density at radius 2 is 2.11 bits per heavy atom. The van der Waals surface area contributed by atoms with Gasteiger partial charge in [-0.05, 0) is 0 Å². The number of fused-ring (bicyclic) bond motifs is 1. The highest BCUT2D eigenvalue weighted by molar-refractivity contribution is 5.58. The largest absolute Gasteiger partial charge is 0.394 e. The van der Waals surface area contributed by atoms with E-state index in [-0.39, 0.29) is 12.4 Å². The molecule has 0 aromatic carbocycles. The van der Waals surface area contributed by atoms with E-state index in [0.717, 1.165) is 0 Å². The smallest absolute Gasteiger partial charge is 0.196 e. The van der Waals surface area contributed by atoms with Crippen molar-refractivity contribution in [2.75, 3.05) is 12.3 Å². The van der Waals surface area contributed by atoms with Gasteiger partial charge in [0.2, 0.25) is 0 Å². The molecule has 1 aliphatic heterocycles. The van der Waals surface area contributed by atoms with Crippen molar-refractivity contribution in [3.05, 3.63) is 18.2 Å². The summed E-state index contributed by atoms with van der Waals surface area (Å²) in [5.41, 5.74) is 6.44. The lowest BCUT2D eigenvalue weighted by molar-refractivity contribution is -0.0244. The van der Waals surface area contributed by atoms with Crippen LogP contribution in [0.1, 0.15) is 11.8 Å². The maximum atomic E-state index is 9.96. The van der Waals surface area contributed by atoms with Crippen LogP contribution in [0, 0.1) is 0 Å². The van der Waals surface area contributed by atoms with Crippen LogP contribution in [-0.2, 0) is 4.74 Å². The Balaban J connectivity index is 2.04. The standard InChI is InChI=1S/C10H13N5O4/c11-9-10-12-1-4(15(10)14-3-13-9)8-7(18)6(17)5(2-16)19-8/h1,3,5-8,16-18H,2H2,(H2,11,13,14). The number of anilines is 1. The minimum atomic E-state index is -1.17. The molecule has 1 saturated heterocycles. The van der Waals surface area contributed by atoms with Gasteiger partial charge >= 0.3 is 0 Å². The van der Waals surface area contributed by atoms with Gasteiger partial charge in [-0.25, -0.2) is 14.5 Å². The molecule has 0 amide bonds. The molecule has 4 unspecified atom stereocenters. The summed E-state index contributed by atoms with van der Waals surface area (Å²) in [7, 11) is 0. The number of hydrogen-bond donors (Lipinski definition) is 4. The van der Waals surface area contributed by atoms with Crippen LogP contribution in [0.4, 0.5) is 5.82 Å². The van der Waals surface area contributed by atoms with Crippen LogP contribution in [-0.4, -0.2) is 59.8 Å². The number of ether oxygens (including phenoxy) is 1. The minimum Gasteiger partial charge on any atom is -0.394 e. The van der Waals surface area contributed by atoms with Crippen LogP contribution in [0.3, 0.4) is 0 Å². The minimum absolute atomic E-state index is 0.202. The quantitative estimate of drug-likeness (QED) is 0.483. The maximum Gasteiger partial charge on any atom is 0.196 e. The fraction of sp³-hybridized carbons (Fsp3) is 0.500. The summed E-state index contributed by atoms with van der Waals surface area (Å²) in [4.78, 5) is 7.85. The van der Waals surface area contributed by atoms with Crippen molar-refractivity contribution < 1.29 is 20.1 Å². The highest BCUT2D eigenvalue weighted by Gasteiger charge is 2.44. The Labute approximate surface area is 107 Å². The van der Waals surface area contributed by atoms with Crippen LogP contribution in [0.25, 0.3) is 5.65 Å². The summed E-state index contributed by atoms with van der Waals surface area (Å²) >= 11 is 0. The van der Waals surface area contributed by atoms with Gasteiger partial charge in [0.15, 0.2) is 11.5 Å². The van der Waals surface area contributed by atoms with Crippen molar-refractivity contribution in [3.63, 3.8) is 0 Å². The first-order chi connectivity index (χ1) is 9.13. The second kappa shape index (κ2) is 4.38. The van der Waals surface area contributed by atoms with Crippen molar-refractivity contribution in [2.24, 2.45) is 0 Å². The number of aromatic nitrogens is 4. The van der Waals surface area contributed by atoms with E-state index in [1.54, 1.807) is 0 Å². The van der Waals surface area contributed by atoms with Crippen molar-refractivity contribution in [3.8, 4) is 0 Å². The number of aliphatic hydroxyl groups is 3. The number of nitrogen functional groups attached to an aromatic ring is 1. The van der Waals surface area contributed by atoms with E-state index in [1.165, 1.54) is 17.0 Å². The molecule has 2 aromatic rings. The van der Waals surface area contributed by atoms with Crippen molar-refractivity contribution in [1.82, 2.24) is 19.6 Å². The molecule has 0 radical (unpaired) electrons. The lowest BCUT2D eigenvalue weighted by Crippen LogP contribution is -2.32. The lowest BCUT2D eigenvalue weighted by atomic mass is 10.1. The second-order valence-electron chi connectivity index (χ2n) is 4.32. The molecule has 9 nitrogen and oxygen atoms in total. The number of nitrogens with zero attached hydrogens (tertiary/aromatic N) is 4. The highest BCUT2D eigenvalue weighted by atomic mass is 16.6. The summed E-state index contributed by atoms with van der Waals surface area (Å²) in [6, 6.07) is 0. The van der Waals surface area contributed by atoms with E-state index < -0.39 is 24.4 Å². The molecule has 0 bridgehead atoms. The number of aliphatic hydroxyl groups excluding tert-OH is 3. The molecule has 9 heteroatoms. The van der Waals surface area contributed by atoms with E-state index in [2.05, 4.69) is 15.1 Å². The third-order valence-electron chi connectivity index (χ3n) is 3.19. The fourth-order valence-electron chi connectivity index (χ4n) is 2.19. The summed E-state index contributed by atoms with van der Waals surface area (Å²) in [6.45, 7) is -0.386. The number of nitrogens with two attached hydrogens (primary N) is 1. The molecule has 0 saturated carbocycles. The van der Waals surface area contributed by atoms with Crippen LogP contribution in [0.5, 0.6) is 0 Å². The highest BCUT2D eigenvalue weighted by Crippen LogP contribution is 2.33. The van der Waals surface area contributed by atoms with Gasteiger partial charge in [0, 0.05) is 0 Å². The average Bonchev–Trinajstić information content (AvgIpc) is 2.94.